The minimum absolute atomic E-state index is 0.0318. The molecule has 5 heteroatoms. The predicted octanol–water partition coefficient (Wildman–Crippen LogP) is 2.41. The molecule has 1 aromatic rings. The highest BCUT2D eigenvalue weighted by atomic mass is 79.9. The van der Waals surface area contributed by atoms with Gasteiger partial charge in [0.1, 0.15) is 5.75 Å². The van der Waals surface area contributed by atoms with Crippen LogP contribution in [-0.2, 0) is 4.79 Å². The zero-order chi connectivity index (χ0) is 13.7. The first-order valence-electron chi connectivity index (χ1n) is 5.79. The molecule has 4 nitrogen and oxygen atoms in total. The molecular formula is C13H19BrN2O2. The molecule has 1 unspecified atom stereocenters. The normalized spacial score (nSPS) is 12.1. The quantitative estimate of drug-likeness (QED) is 0.908. The number of nitrogens with two attached hydrogens (primary N) is 1. The molecule has 0 spiro atoms. The number of anilines is 1. The van der Waals surface area contributed by atoms with Crippen molar-refractivity contribution in [2.24, 2.45) is 11.7 Å². The maximum absolute atomic E-state index is 12.1. The van der Waals surface area contributed by atoms with Gasteiger partial charge in [0, 0.05) is 17.9 Å². The molecule has 0 aliphatic heterocycles. The summed E-state index contributed by atoms with van der Waals surface area (Å²) in [7, 11) is 3.34. The molecule has 0 bridgehead atoms. The highest BCUT2D eigenvalue weighted by Crippen LogP contribution is 2.31. The molecule has 0 aliphatic carbocycles. The van der Waals surface area contributed by atoms with Crippen molar-refractivity contribution in [1.29, 1.82) is 0 Å². The third-order valence-electron chi connectivity index (χ3n) is 2.80. The summed E-state index contributed by atoms with van der Waals surface area (Å²) in [5, 5.41) is 0. The van der Waals surface area contributed by atoms with Crippen molar-refractivity contribution in [3.8, 4) is 5.75 Å². The van der Waals surface area contributed by atoms with E-state index in [0.717, 1.165) is 10.2 Å². The Morgan fingerprint density at radius 2 is 2.22 bits per heavy atom. The summed E-state index contributed by atoms with van der Waals surface area (Å²) in [5.41, 5.74) is 6.29. The molecule has 1 amide bonds. The Morgan fingerprint density at radius 3 is 2.78 bits per heavy atom. The first-order valence-corrected chi connectivity index (χ1v) is 6.59. The molecule has 0 heterocycles. The van der Waals surface area contributed by atoms with Gasteiger partial charge in [-0.1, -0.05) is 22.9 Å². The van der Waals surface area contributed by atoms with E-state index in [-0.39, 0.29) is 11.8 Å². The molecule has 0 saturated heterocycles. The summed E-state index contributed by atoms with van der Waals surface area (Å²) in [6.45, 7) is 2.47. The Kier molecular flexibility index (Phi) is 5.62. The summed E-state index contributed by atoms with van der Waals surface area (Å²) in [5.74, 6) is 0.886. The van der Waals surface area contributed by atoms with Gasteiger partial charge in [-0.05, 0) is 30.7 Å². The van der Waals surface area contributed by atoms with Gasteiger partial charge in [0.2, 0.25) is 5.91 Å². The van der Waals surface area contributed by atoms with Gasteiger partial charge in [0.15, 0.2) is 0 Å². The minimum atomic E-state index is 0.0318. The highest BCUT2D eigenvalue weighted by Gasteiger charge is 2.17. The van der Waals surface area contributed by atoms with E-state index in [4.69, 9.17) is 10.5 Å². The van der Waals surface area contributed by atoms with Gasteiger partial charge >= 0.3 is 0 Å². The van der Waals surface area contributed by atoms with Crippen LogP contribution in [-0.4, -0.2) is 26.6 Å². The number of rotatable bonds is 5. The maximum Gasteiger partial charge on any atom is 0.227 e. The number of methoxy groups -OCH3 is 1. The number of ether oxygens (including phenoxy) is 1. The summed E-state index contributed by atoms with van der Waals surface area (Å²) >= 11 is 3.39. The van der Waals surface area contributed by atoms with Crippen molar-refractivity contribution in [1.82, 2.24) is 0 Å². The summed E-state index contributed by atoms with van der Waals surface area (Å²) in [6.07, 6.45) is 0.433. The topological polar surface area (TPSA) is 55.6 Å². The number of carbonyl (C=O) groups is 1. The number of nitrogens with zero attached hydrogens (tertiary/aromatic N) is 1. The zero-order valence-corrected chi connectivity index (χ0v) is 12.5. The third-order valence-corrected chi connectivity index (χ3v) is 3.30. The summed E-state index contributed by atoms with van der Waals surface area (Å²) in [4.78, 5) is 13.7. The van der Waals surface area contributed by atoms with Crippen LogP contribution >= 0.6 is 15.9 Å². The molecule has 1 aromatic carbocycles. The molecule has 100 valence electrons. The largest absolute Gasteiger partial charge is 0.495 e. The molecule has 0 fully saturated rings. The van der Waals surface area contributed by atoms with Crippen LogP contribution in [0.15, 0.2) is 22.7 Å². The van der Waals surface area contributed by atoms with Crippen molar-refractivity contribution in [3.05, 3.63) is 22.7 Å². The smallest absolute Gasteiger partial charge is 0.227 e. The Labute approximate surface area is 116 Å². The van der Waals surface area contributed by atoms with E-state index >= 15 is 0 Å². The average molecular weight is 315 g/mol. The van der Waals surface area contributed by atoms with Gasteiger partial charge in [-0.15, -0.1) is 0 Å². The number of halogens is 1. The second-order valence-electron chi connectivity index (χ2n) is 4.31. The molecule has 18 heavy (non-hydrogen) atoms. The number of carbonyl (C=O) groups excluding carboxylic acids is 1. The van der Waals surface area contributed by atoms with Crippen molar-refractivity contribution >= 4 is 27.5 Å². The van der Waals surface area contributed by atoms with Crippen LogP contribution in [0.4, 0.5) is 5.69 Å². The van der Waals surface area contributed by atoms with Crippen LogP contribution in [0.2, 0.25) is 0 Å². The number of amides is 1. The number of benzene rings is 1. The Balaban J connectivity index is 2.92. The van der Waals surface area contributed by atoms with Gasteiger partial charge in [-0.25, -0.2) is 0 Å². The Bertz CT molecular complexity index is 423. The van der Waals surface area contributed by atoms with Gasteiger partial charge < -0.3 is 15.4 Å². The average Bonchev–Trinajstić information content (AvgIpc) is 2.37. The molecule has 2 N–H and O–H groups in total. The summed E-state index contributed by atoms with van der Waals surface area (Å²) < 4.78 is 6.17. The Morgan fingerprint density at radius 1 is 1.56 bits per heavy atom. The maximum atomic E-state index is 12.1. The fourth-order valence-corrected chi connectivity index (χ4v) is 1.93. The monoisotopic (exact) mass is 314 g/mol. The highest BCUT2D eigenvalue weighted by molar-refractivity contribution is 9.10. The van der Waals surface area contributed by atoms with Gasteiger partial charge in [-0.2, -0.15) is 0 Å². The third kappa shape index (κ3) is 3.71. The van der Waals surface area contributed by atoms with Gasteiger partial charge in [0.25, 0.3) is 0 Å². The number of hydrogen-bond donors (Lipinski definition) is 1. The van der Waals surface area contributed by atoms with E-state index in [0.29, 0.717) is 18.7 Å². The van der Waals surface area contributed by atoms with E-state index < -0.39 is 0 Å². The second-order valence-corrected chi connectivity index (χ2v) is 5.23. The molecular weight excluding hydrogens is 296 g/mol. The van der Waals surface area contributed by atoms with Crippen molar-refractivity contribution in [2.75, 3.05) is 25.6 Å². The fraction of sp³-hybridized carbons (Fsp3) is 0.462. The van der Waals surface area contributed by atoms with E-state index in [1.54, 1.807) is 19.1 Å². The minimum Gasteiger partial charge on any atom is -0.495 e. The molecule has 0 radical (unpaired) electrons. The Hall–Kier alpha value is -1.07. The number of hydrogen-bond acceptors (Lipinski definition) is 3. The molecule has 0 aromatic heterocycles. The first-order chi connectivity index (χ1) is 8.49. The van der Waals surface area contributed by atoms with E-state index in [2.05, 4.69) is 15.9 Å². The van der Waals surface area contributed by atoms with Crippen LogP contribution < -0.4 is 15.4 Å². The first kappa shape index (κ1) is 15.0. The lowest BCUT2D eigenvalue weighted by Gasteiger charge is -2.21. The second kappa shape index (κ2) is 6.75. The van der Waals surface area contributed by atoms with Crippen LogP contribution in [0.25, 0.3) is 0 Å². The molecule has 0 saturated carbocycles. The van der Waals surface area contributed by atoms with Crippen molar-refractivity contribution < 1.29 is 9.53 Å². The molecule has 1 atom stereocenters. The van der Waals surface area contributed by atoms with Crippen molar-refractivity contribution in [2.45, 2.75) is 13.3 Å². The zero-order valence-electron chi connectivity index (χ0n) is 10.9. The standard InChI is InChI=1S/C13H19BrN2O2/c1-9(8-15)6-13(17)16(2)11-7-10(14)4-5-12(11)18-3/h4-5,7,9H,6,8,15H2,1-3H3. The van der Waals surface area contributed by atoms with E-state index in [9.17, 15) is 4.79 Å². The van der Waals surface area contributed by atoms with Crippen LogP contribution in [0.5, 0.6) is 5.75 Å². The van der Waals surface area contributed by atoms with Gasteiger partial charge in [-0.3, -0.25) is 4.79 Å². The lowest BCUT2D eigenvalue weighted by Crippen LogP contribution is -2.29. The summed E-state index contributed by atoms with van der Waals surface area (Å²) in [6, 6.07) is 5.57. The van der Waals surface area contributed by atoms with Crippen LogP contribution in [0.1, 0.15) is 13.3 Å². The van der Waals surface area contributed by atoms with Crippen LogP contribution in [0, 0.1) is 5.92 Å². The van der Waals surface area contributed by atoms with E-state index in [1.807, 2.05) is 25.1 Å². The predicted molar refractivity (Wildman–Crippen MR) is 76.9 cm³/mol. The van der Waals surface area contributed by atoms with E-state index in [1.165, 1.54) is 0 Å². The SMILES string of the molecule is COc1ccc(Br)cc1N(C)C(=O)CC(C)CN. The lowest BCUT2D eigenvalue weighted by atomic mass is 10.1. The molecule has 1 rings (SSSR count). The van der Waals surface area contributed by atoms with Gasteiger partial charge in [0.05, 0.1) is 12.8 Å². The molecule has 0 aliphatic rings. The van der Waals surface area contributed by atoms with Crippen LogP contribution in [0.3, 0.4) is 0 Å². The van der Waals surface area contributed by atoms with Crippen molar-refractivity contribution in [3.63, 3.8) is 0 Å². The fourth-order valence-electron chi connectivity index (χ4n) is 1.58. The lowest BCUT2D eigenvalue weighted by molar-refractivity contribution is -0.119.